The Labute approximate surface area is 83.7 Å². The number of carbonyl (C=O) groups is 1. The Morgan fingerprint density at radius 2 is 2.07 bits per heavy atom. The van der Waals surface area contributed by atoms with Gasteiger partial charge < -0.3 is 10.2 Å². The lowest BCUT2D eigenvalue weighted by molar-refractivity contribution is 0.191. The van der Waals surface area contributed by atoms with Gasteiger partial charge in [-0.3, -0.25) is 0 Å². The van der Waals surface area contributed by atoms with Crippen molar-refractivity contribution in [2.24, 2.45) is 0 Å². The van der Waals surface area contributed by atoms with Crippen LogP contribution in [0.2, 0.25) is 0 Å². The molecule has 74 valence electrons. The van der Waals surface area contributed by atoms with Gasteiger partial charge in [0.25, 0.3) is 0 Å². The molecule has 0 fully saturated rings. The van der Waals surface area contributed by atoms with Crippen LogP contribution < -0.4 is 5.32 Å². The Hall–Kier alpha value is -1.51. The topological polar surface area (TPSA) is 32.3 Å². The van der Waals surface area contributed by atoms with Gasteiger partial charge >= 0.3 is 6.03 Å². The first-order chi connectivity index (χ1) is 6.68. The summed E-state index contributed by atoms with van der Waals surface area (Å²) >= 11 is 0. The summed E-state index contributed by atoms with van der Waals surface area (Å²) < 4.78 is 0. The molecule has 0 aliphatic carbocycles. The standard InChI is InChI=1S/C11H14N2O/c1-8(2)13-7-9-5-3-4-6-10(9)12-11(13)14/h3-6,8H,7H2,1-2H3,(H,12,14). The quantitative estimate of drug-likeness (QED) is 0.724. The van der Waals surface area contributed by atoms with Crippen molar-refractivity contribution in [2.45, 2.75) is 26.4 Å². The van der Waals surface area contributed by atoms with E-state index in [1.807, 2.05) is 43.0 Å². The van der Waals surface area contributed by atoms with E-state index in [0.717, 1.165) is 5.69 Å². The number of hydrogen-bond acceptors (Lipinski definition) is 1. The number of fused-ring (bicyclic) bond motifs is 1. The lowest BCUT2D eigenvalue weighted by atomic mass is 10.1. The molecule has 3 heteroatoms. The minimum atomic E-state index is -0.00120. The molecule has 1 aliphatic rings. The molecular formula is C11H14N2O. The summed E-state index contributed by atoms with van der Waals surface area (Å²) in [5, 5.41) is 2.88. The summed E-state index contributed by atoms with van der Waals surface area (Å²) in [7, 11) is 0. The first kappa shape index (κ1) is 9.06. The van der Waals surface area contributed by atoms with E-state index >= 15 is 0 Å². The van der Waals surface area contributed by atoms with Crippen LogP contribution in [0.25, 0.3) is 0 Å². The Bertz CT molecular complexity index is 360. The van der Waals surface area contributed by atoms with E-state index in [1.54, 1.807) is 0 Å². The van der Waals surface area contributed by atoms with Crippen molar-refractivity contribution in [2.75, 3.05) is 5.32 Å². The minimum absolute atomic E-state index is 0.00120. The van der Waals surface area contributed by atoms with E-state index < -0.39 is 0 Å². The van der Waals surface area contributed by atoms with Crippen molar-refractivity contribution in [1.82, 2.24) is 4.90 Å². The highest BCUT2D eigenvalue weighted by Gasteiger charge is 2.23. The van der Waals surface area contributed by atoms with Crippen LogP contribution in [-0.4, -0.2) is 17.0 Å². The maximum Gasteiger partial charge on any atom is 0.322 e. The molecule has 2 rings (SSSR count). The van der Waals surface area contributed by atoms with E-state index in [-0.39, 0.29) is 12.1 Å². The zero-order valence-electron chi connectivity index (χ0n) is 8.45. The zero-order chi connectivity index (χ0) is 10.1. The number of nitrogens with one attached hydrogen (secondary N) is 1. The average Bonchev–Trinajstić information content (AvgIpc) is 2.16. The maximum absolute atomic E-state index is 11.6. The minimum Gasteiger partial charge on any atom is -0.318 e. The second kappa shape index (κ2) is 3.33. The number of carbonyl (C=O) groups excluding carboxylic acids is 1. The number of benzene rings is 1. The van der Waals surface area contributed by atoms with E-state index in [9.17, 15) is 4.79 Å². The van der Waals surface area contributed by atoms with Crippen LogP contribution in [0.5, 0.6) is 0 Å². The van der Waals surface area contributed by atoms with Crippen molar-refractivity contribution in [3.8, 4) is 0 Å². The molecule has 0 bridgehead atoms. The number of hydrogen-bond donors (Lipinski definition) is 1. The molecule has 0 atom stereocenters. The van der Waals surface area contributed by atoms with E-state index in [0.29, 0.717) is 6.54 Å². The van der Waals surface area contributed by atoms with E-state index in [1.165, 1.54) is 5.56 Å². The molecule has 0 unspecified atom stereocenters. The monoisotopic (exact) mass is 190 g/mol. The molecule has 1 heterocycles. The fourth-order valence-electron chi connectivity index (χ4n) is 1.64. The third-order valence-corrected chi connectivity index (χ3v) is 2.48. The van der Waals surface area contributed by atoms with Crippen molar-refractivity contribution >= 4 is 11.7 Å². The molecule has 0 saturated heterocycles. The third-order valence-electron chi connectivity index (χ3n) is 2.48. The number of amides is 2. The summed E-state index contributed by atoms with van der Waals surface area (Å²) in [4.78, 5) is 13.4. The molecule has 14 heavy (non-hydrogen) atoms. The summed E-state index contributed by atoms with van der Waals surface area (Å²) in [6.07, 6.45) is 0. The van der Waals surface area contributed by atoms with Crippen LogP contribution in [0.1, 0.15) is 19.4 Å². The molecular weight excluding hydrogens is 176 g/mol. The molecule has 1 aliphatic heterocycles. The lowest BCUT2D eigenvalue weighted by Gasteiger charge is -2.32. The van der Waals surface area contributed by atoms with Crippen molar-refractivity contribution in [3.05, 3.63) is 29.8 Å². The normalized spacial score (nSPS) is 15.4. The van der Waals surface area contributed by atoms with Gasteiger partial charge in [-0.2, -0.15) is 0 Å². The van der Waals surface area contributed by atoms with Gasteiger partial charge in [0.05, 0.1) is 0 Å². The summed E-state index contributed by atoms with van der Waals surface area (Å²) in [6.45, 7) is 4.75. The fourth-order valence-corrected chi connectivity index (χ4v) is 1.64. The first-order valence-corrected chi connectivity index (χ1v) is 4.84. The molecule has 1 aromatic carbocycles. The van der Waals surface area contributed by atoms with Gasteiger partial charge in [0.1, 0.15) is 0 Å². The molecule has 2 amide bonds. The van der Waals surface area contributed by atoms with E-state index in [4.69, 9.17) is 0 Å². The SMILES string of the molecule is CC(C)N1Cc2ccccc2NC1=O. The third kappa shape index (κ3) is 1.45. The number of nitrogens with zero attached hydrogens (tertiary/aromatic N) is 1. The largest absolute Gasteiger partial charge is 0.322 e. The molecule has 1 aromatic rings. The van der Waals surface area contributed by atoms with Gasteiger partial charge in [-0.25, -0.2) is 4.79 Å². The second-order valence-electron chi connectivity index (χ2n) is 3.81. The van der Waals surface area contributed by atoms with Crippen LogP contribution >= 0.6 is 0 Å². The van der Waals surface area contributed by atoms with Gasteiger partial charge in [0.2, 0.25) is 0 Å². The number of anilines is 1. The van der Waals surface area contributed by atoms with Gasteiger partial charge in [0, 0.05) is 18.3 Å². The second-order valence-corrected chi connectivity index (χ2v) is 3.81. The number of rotatable bonds is 1. The van der Waals surface area contributed by atoms with Gasteiger partial charge in [-0.15, -0.1) is 0 Å². The Kier molecular flexibility index (Phi) is 2.15. The Morgan fingerprint density at radius 3 is 2.79 bits per heavy atom. The Morgan fingerprint density at radius 1 is 1.36 bits per heavy atom. The highest BCUT2D eigenvalue weighted by Crippen LogP contribution is 2.23. The molecule has 0 saturated carbocycles. The summed E-state index contributed by atoms with van der Waals surface area (Å²) in [5.41, 5.74) is 2.12. The van der Waals surface area contributed by atoms with Crippen LogP contribution in [0.3, 0.4) is 0 Å². The van der Waals surface area contributed by atoms with Gasteiger partial charge in [0.15, 0.2) is 0 Å². The van der Waals surface area contributed by atoms with Gasteiger partial charge in [-0.05, 0) is 25.5 Å². The highest BCUT2D eigenvalue weighted by molar-refractivity contribution is 5.92. The molecule has 0 spiro atoms. The molecule has 0 aromatic heterocycles. The summed E-state index contributed by atoms with van der Waals surface area (Å²) in [5.74, 6) is 0. The number of para-hydroxylation sites is 1. The lowest BCUT2D eigenvalue weighted by Crippen LogP contribution is -2.42. The number of urea groups is 1. The van der Waals surface area contributed by atoms with Crippen molar-refractivity contribution in [3.63, 3.8) is 0 Å². The fraction of sp³-hybridized carbons (Fsp3) is 0.364. The van der Waals surface area contributed by atoms with Crippen LogP contribution in [0, 0.1) is 0 Å². The van der Waals surface area contributed by atoms with Crippen LogP contribution in [-0.2, 0) is 6.54 Å². The van der Waals surface area contributed by atoms with E-state index in [2.05, 4.69) is 5.32 Å². The molecule has 0 radical (unpaired) electrons. The summed E-state index contributed by atoms with van der Waals surface area (Å²) in [6, 6.07) is 8.15. The van der Waals surface area contributed by atoms with Crippen LogP contribution in [0.4, 0.5) is 10.5 Å². The average molecular weight is 190 g/mol. The van der Waals surface area contributed by atoms with Gasteiger partial charge in [-0.1, -0.05) is 18.2 Å². The van der Waals surface area contributed by atoms with Crippen LogP contribution in [0.15, 0.2) is 24.3 Å². The first-order valence-electron chi connectivity index (χ1n) is 4.84. The predicted octanol–water partition coefficient (Wildman–Crippen LogP) is 2.44. The molecule has 3 nitrogen and oxygen atoms in total. The van der Waals surface area contributed by atoms with Crippen molar-refractivity contribution < 1.29 is 4.79 Å². The highest BCUT2D eigenvalue weighted by atomic mass is 16.2. The smallest absolute Gasteiger partial charge is 0.318 e. The molecule has 1 N–H and O–H groups in total. The predicted molar refractivity (Wildman–Crippen MR) is 56.1 cm³/mol. The maximum atomic E-state index is 11.6. The Balaban J connectivity index is 2.31. The van der Waals surface area contributed by atoms with Crippen molar-refractivity contribution in [1.29, 1.82) is 0 Å². The zero-order valence-corrected chi connectivity index (χ0v) is 8.45.